The number of hydrogen-bond donors (Lipinski definition) is 0. The predicted molar refractivity (Wildman–Crippen MR) is 187 cm³/mol. The summed E-state index contributed by atoms with van der Waals surface area (Å²) in [4.78, 5) is 36.6. The van der Waals surface area contributed by atoms with Crippen molar-refractivity contribution in [1.82, 2.24) is 14.8 Å². The number of pyridine rings is 1. The van der Waals surface area contributed by atoms with Crippen LogP contribution in [0.2, 0.25) is 0 Å². The van der Waals surface area contributed by atoms with Gasteiger partial charge in [-0.1, -0.05) is 78.9 Å². The maximum absolute atomic E-state index is 14.6. The van der Waals surface area contributed by atoms with Gasteiger partial charge in [-0.15, -0.1) is 0 Å². The minimum absolute atomic E-state index is 0.125. The molecule has 9 heteroatoms. The number of nitrogens with zero attached hydrogens (tertiary/aromatic N) is 3. The summed E-state index contributed by atoms with van der Waals surface area (Å²) in [5.41, 5.74) is 5.21. The lowest BCUT2D eigenvalue weighted by atomic mass is 9.97. The van der Waals surface area contributed by atoms with E-state index in [1.165, 1.54) is 24.3 Å². The second kappa shape index (κ2) is 15.2. The van der Waals surface area contributed by atoms with Crippen LogP contribution in [-0.4, -0.2) is 46.3 Å². The minimum atomic E-state index is -4.47. The number of carbonyl (C=O) groups is 2. The molecule has 0 saturated heterocycles. The molecule has 50 heavy (non-hydrogen) atoms. The van der Waals surface area contributed by atoms with Gasteiger partial charge in [0.15, 0.2) is 0 Å². The molecule has 0 spiro atoms. The average Bonchev–Trinajstić information content (AvgIpc) is 3.15. The van der Waals surface area contributed by atoms with Gasteiger partial charge in [-0.3, -0.25) is 14.6 Å². The number of fused-ring (bicyclic) bond motifs is 1. The van der Waals surface area contributed by atoms with Crippen LogP contribution in [0, 0.1) is 0 Å². The summed E-state index contributed by atoms with van der Waals surface area (Å²) < 4.78 is 44.9. The molecule has 1 aliphatic rings. The molecule has 0 bridgehead atoms. The number of amides is 2. The quantitative estimate of drug-likeness (QED) is 0.141. The molecule has 6 nitrogen and oxygen atoms in total. The fourth-order valence-corrected chi connectivity index (χ4v) is 6.13. The molecule has 1 atom stereocenters. The molecule has 5 aromatic rings. The normalized spacial score (nSPS) is 13.5. The van der Waals surface area contributed by atoms with Crippen molar-refractivity contribution >= 4 is 17.9 Å². The van der Waals surface area contributed by atoms with Crippen molar-refractivity contribution in [3.8, 4) is 17.0 Å². The van der Waals surface area contributed by atoms with E-state index in [1.54, 1.807) is 23.1 Å². The van der Waals surface area contributed by atoms with E-state index in [-0.39, 0.29) is 18.9 Å². The number of aromatic nitrogens is 1. The molecule has 0 saturated carbocycles. The van der Waals surface area contributed by atoms with E-state index < -0.39 is 23.7 Å². The van der Waals surface area contributed by atoms with E-state index >= 15 is 0 Å². The molecule has 254 valence electrons. The maximum Gasteiger partial charge on any atom is 0.416 e. The molecule has 2 amide bonds. The van der Waals surface area contributed by atoms with E-state index in [4.69, 9.17) is 4.74 Å². The molecule has 0 fully saturated rings. The van der Waals surface area contributed by atoms with Gasteiger partial charge in [0, 0.05) is 43.9 Å². The number of rotatable bonds is 10. The Morgan fingerprint density at radius 2 is 1.62 bits per heavy atom. The summed E-state index contributed by atoms with van der Waals surface area (Å²) >= 11 is 0. The lowest BCUT2D eigenvalue weighted by Crippen LogP contribution is -2.52. The topological polar surface area (TPSA) is 62.7 Å². The highest BCUT2D eigenvalue weighted by Crippen LogP contribution is 2.30. The second-order valence-corrected chi connectivity index (χ2v) is 12.2. The van der Waals surface area contributed by atoms with Crippen LogP contribution in [0.3, 0.4) is 0 Å². The van der Waals surface area contributed by atoms with E-state index in [2.05, 4.69) is 4.98 Å². The van der Waals surface area contributed by atoms with E-state index in [9.17, 15) is 22.8 Å². The molecule has 0 unspecified atom stereocenters. The van der Waals surface area contributed by atoms with Gasteiger partial charge in [-0.25, -0.2) is 0 Å². The smallest absolute Gasteiger partial charge is 0.416 e. The largest absolute Gasteiger partial charge is 0.497 e. The lowest BCUT2D eigenvalue weighted by molar-refractivity contribution is -0.144. The van der Waals surface area contributed by atoms with Crippen LogP contribution in [-0.2, 0) is 41.7 Å². The molecular formula is C41H36F3N3O3. The Morgan fingerprint density at radius 1 is 0.880 bits per heavy atom. The Kier molecular flexibility index (Phi) is 10.4. The first-order chi connectivity index (χ1) is 24.2. The van der Waals surface area contributed by atoms with E-state index in [0.29, 0.717) is 30.8 Å². The van der Waals surface area contributed by atoms with Crippen LogP contribution in [0.5, 0.6) is 5.75 Å². The Bertz CT molecular complexity index is 1950. The van der Waals surface area contributed by atoms with Crippen molar-refractivity contribution < 1.29 is 27.5 Å². The summed E-state index contributed by atoms with van der Waals surface area (Å²) in [7, 11) is 1.61. The van der Waals surface area contributed by atoms with Crippen molar-refractivity contribution in [2.45, 2.75) is 38.1 Å². The zero-order chi connectivity index (χ0) is 35.1. The van der Waals surface area contributed by atoms with Crippen LogP contribution in [0.1, 0.15) is 33.4 Å². The predicted octanol–water partition coefficient (Wildman–Crippen LogP) is 8.01. The highest BCUT2D eigenvalue weighted by Gasteiger charge is 2.34. The highest BCUT2D eigenvalue weighted by atomic mass is 19.4. The maximum atomic E-state index is 14.6. The van der Waals surface area contributed by atoms with Crippen molar-refractivity contribution in [1.29, 1.82) is 0 Å². The highest BCUT2D eigenvalue weighted by molar-refractivity contribution is 5.96. The fourth-order valence-electron chi connectivity index (χ4n) is 6.13. The molecule has 0 aliphatic carbocycles. The molecule has 1 aliphatic heterocycles. The number of benzene rings is 4. The van der Waals surface area contributed by atoms with E-state index in [1.807, 2.05) is 91.0 Å². The van der Waals surface area contributed by atoms with Crippen LogP contribution in [0.15, 0.2) is 128 Å². The van der Waals surface area contributed by atoms with Crippen LogP contribution in [0.4, 0.5) is 13.2 Å². The first-order valence-electron chi connectivity index (χ1n) is 16.3. The number of halogens is 3. The van der Waals surface area contributed by atoms with Gasteiger partial charge in [0.2, 0.25) is 11.8 Å². The van der Waals surface area contributed by atoms with Crippen LogP contribution >= 0.6 is 0 Å². The molecule has 0 N–H and O–H groups in total. The number of alkyl halides is 3. The zero-order valence-corrected chi connectivity index (χ0v) is 27.5. The van der Waals surface area contributed by atoms with Crippen molar-refractivity contribution in [2.75, 3.05) is 13.7 Å². The zero-order valence-electron chi connectivity index (χ0n) is 27.5. The third kappa shape index (κ3) is 8.29. The Morgan fingerprint density at radius 3 is 2.30 bits per heavy atom. The lowest BCUT2D eigenvalue weighted by Gasteiger charge is -2.37. The van der Waals surface area contributed by atoms with Crippen molar-refractivity contribution in [3.63, 3.8) is 0 Å². The summed E-state index contributed by atoms with van der Waals surface area (Å²) in [6, 6.07) is 32.5. The monoisotopic (exact) mass is 675 g/mol. The third-order valence-corrected chi connectivity index (χ3v) is 8.88. The Hall–Kier alpha value is -5.70. The van der Waals surface area contributed by atoms with Gasteiger partial charge in [0.1, 0.15) is 11.8 Å². The molecular weight excluding hydrogens is 639 g/mol. The van der Waals surface area contributed by atoms with Crippen molar-refractivity contribution in [3.05, 3.63) is 161 Å². The first-order valence-corrected chi connectivity index (χ1v) is 16.3. The van der Waals surface area contributed by atoms with Crippen LogP contribution in [0.25, 0.3) is 17.3 Å². The van der Waals surface area contributed by atoms with Gasteiger partial charge in [-0.05, 0) is 76.7 Å². The second-order valence-electron chi connectivity index (χ2n) is 12.2. The van der Waals surface area contributed by atoms with Gasteiger partial charge in [-0.2, -0.15) is 13.2 Å². The molecule has 6 rings (SSSR count). The molecule has 4 aromatic carbocycles. The van der Waals surface area contributed by atoms with Gasteiger partial charge >= 0.3 is 6.18 Å². The fraction of sp³-hybridized carbons (Fsp3) is 0.195. The summed E-state index contributed by atoms with van der Waals surface area (Å²) in [5, 5.41) is 0. The first kappa shape index (κ1) is 34.2. The van der Waals surface area contributed by atoms with Gasteiger partial charge < -0.3 is 14.5 Å². The molecule has 2 heterocycles. The minimum Gasteiger partial charge on any atom is -0.497 e. The summed E-state index contributed by atoms with van der Waals surface area (Å²) in [5.74, 6) is 0.0778. The van der Waals surface area contributed by atoms with Gasteiger partial charge in [0.25, 0.3) is 0 Å². The summed E-state index contributed by atoms with van der Waals surface area (Å²) in [6.07, 6.45) is 1.00. The molecule has 1 aromatic heterocycles. The van der Waals surface area contributed by atoms with E-state index in [0.717, 1.165) is 45.6 Å². The average molecular weight is 676 g/mol. The standard InChI is InChI=1S/C41H36F3N3O3/c1-50-36-20-17-32-22-24-46(28-34(32)26-36)40(49)38(25-30-7-3-2-4-8-30)47(27-31-10-15-33(16-11-31)37-9-5-6-23-45-37)39(48)21-14-29-12-18-35(19-13-29)41(42,43)44/h2-21,23,26,38H,22,24-25,27-28H2,1H3/b21-14+/t38-/m0/s1. The summed E-state index contributed by atoms with van der Waals surface area (Å²) in [6.45, 7) is 0.991. The Labute approximate surface area is 289 Å². The van der Waals surface area contributed by atoms with Crippen molar-refractivity contribution in [2.24, 2.45) is 0 Å². The SMILES string of the molecule is COc1ccc2c(c1)CN(C(=O)[C@H](Cc1ccccc1)N(Cc1ccc(-c3ccccn3)cc1)C(=O)/C=C/c1ccc(C(F)(F)F)cc1)CC2. The Balaban J connectivity index is 1.34. The number of hydrogen-bond acceptors (Lipinski definition) is 4. The number of methoxy groups -OCH3 is 1. The molecule has 0 radical (unpaired) electrons. The number of ether oxygens (including phenoxy) is 1. The third-order valence-electron chi connectivity index (χ3n) is 8.88. The van der Waals surface area contributed by atoms with Gasteiger partial charge in [0.05, 0.1) is 18.4 Å². The van der Waals surface area contributed by atoms with Crippen LogP contribution < -0.4 is 4.74 Å². The number of carbonyl (C=O) groups excluding carboxylic acids is 2.